The minimum atomic E-state index is -3.75. The standard InChI is InChI=1S/C18H19Cl2FN2O3S/c19-16-5-2-6-17(20)18(16)27(24,25)23-9-7-22(8-10-23)11-12-26-15-4-1-3-14(21)13-15/h1-6,13H,7-12H2. The Labute approximate surface area is 168 Å². The van der Waals surface area contributed by atoms with Crippen molar-refractivity contribution >= 4 is 33.2 Å². The normalized spacial score (nSPS) is 16.4. The summed E-state index contributed by atoms with van der Waals surface area (Å²) in [6.07, 6.45) is 0. The monoisotopic (exact) mass is 432 g/mol. The van der Waals surface area contributed by atoms with Gasteiger partial charge in [-0.15, -0.1) is 0 Å². The highest BCUT2D eigenvalue weighted by atomic mass is 35.5. The highest BCUT2D eigenvalue weighted by Crippen LogP contribution is 2.31. The van der Waals surface area contributed by atoms with Gasteiger partial charge in [-0.05, 0) is 24.3 Å². The molecule has 0 saturated carbocycles. The maximum Gasteiger partial charge on any atom is 0.246 e. The number of hydrogen-bond acceptors (Lipinski definition) is 4. The maximum atomic E-state index is 13.1. The molecule has 2 aromatic rings. The molecule has 3 rings (SSSR count). The number of rotatable bonds is 6. The summed E-state index contributed by atoms with van der Waals surface area (Å²) >= 11 is 12.1. The number of sulfonamides is 1. The number of halogens is 3. The quantitative estimate of drug-likeness (QED) is 0.700. The summed E-state index contributed by atoms with van der Waals surface area (Å²) in [5.41, 5.74) is 0. The molecule has 0 bridgehead atoms. The van der Waals surface area contributed by atoms with Crippen molar-refractivity contribution in [3.8, 4) is 5.75 Å². The molecule has 9 heteroatoms. The van der Waals surface area contributed by atoms with Crippen molar-refractivity contribution in [2.24, 2.45) is 0 Å². The highest BCUT2D eigenvalue weighted by Gasteiger charge is 2.31. The molecular weight excluding hydrogens is 414 g/mol. The van der Waals surface area contributed by atoms with Crippen molar-refractivity contribution < 1.29 is 17.5 Å². The molecule has 5 nitrogen and oxygen atoms in total. The lowest BCUT2D eigenvalue weighted by molar-refractivity contribution is 0.158. The second kappa shape index (κ2) is 8.75. The van der Waals surface area contributed by atoms with Crippen LogP contribution in [0.5, 0.6) is 5.75 Å². The van der Waals surface area contributed by atoms with Crippen LogP contribution in [0.1, 0.15) is 0 Å². The van der Waals surface area contributed by atoms with Crippen LogP contribution in [0.4, 0.5) is 4.39 Å². The van der Waals surface area contributed by atoms with Gasteiger partial charge < -0.3 is 4.74 Å². The van der Waals surface area contributed by atoms with Gasteiger partial charge in [0.05, 0.1) is 10.0 Å². The van der Waals surface area contributed by atoms with E-state index in [2.05, 4.69) is 4.90 Å². The molecule has 0 aromatic heterocycles. The van der Waals surface area contributed by atoms with E-state index in [0.717, 1.165) is 0 Å². The Balaban J connectivity index is 1.54. The van der Waals surface area contributed by atoms with Crippen LogP contribution >= 0.6 is 23.2 Å². The molecule has 1 aliphatic rings. The molecular formula is C18H19Cl2FN2O3S. The van der Waals surface area contributed by atoms with Crippen molar-refractivity contribution in [2.45, 2.75) is 4.90 Å². The topological polar surface area (TPSA) is 49.9 Å². The fourth-order valence-electron chi connectivity index (χ4n) is 2.90. The van der Waals surface area contributed by atoms with Crippen LogP contribution in [0, 0.1) is 5.82 Å². The zero-order valence-corrected chi connectivity index (χ0v) is 16.8. The minimum Gasteiger partial charge on any atom is -0.492 e. The Morgan fingerprint density at radius 1 is 1.00 bits per heavy atom. The third kappa shape index (κ3) is 4.92. The van der Waals surface area contributed by atoms with Gasteiger partial charge in [0, 0.05) is 38.8 Å². The number of ether oxygens (including phenoxy) is 1. The largest absolute Gasteiger partial charge is 0.492 e. The first kappa shape index (κ1) is 20.4. The lowest BCUT2D eigenvalue weighted by atomic mass is 10.3. The summed E-state index contributed by atoms with van der Waals surface area (Å²) in [7, 11) is -3.75. The lowest BCUT2D eigenvalue weighted by Gasteiger charge is -2.34. The molecule has 0 aliphatic carbocycles. The first-order valence-electron chi connectivity index (χ1n) is 8.43. The predicted octanol–water partition coefficient (Wildman–Crippen LogP) is 3.52. The fraction of sp³-hybridized carbons (Fsp3) is 0.333. The van der Waals surface area contributed by atoms with Crippen molar-refractivity contribution in [1.29, 1.82) is 0 Å². The van der Waals surface area contributed by atoms with Crippen LogP contribution in [-0.2, 0) is 10.0 Å². The zero-order valence-electron chi connectivity index (χ0n) is 14.4. The molecule has 0 amide bonds. The van der Waals surface area contributed by atoms with Gasteiger partial charge in [-0.1, -0.05) is 35.3 Å². The highest BCUT2D eigenvalue weighted by molar-refractivity contribution is 7.89. The Kier molecular flexibility index (Phi) is 6.60. The molecule has 1 fully saturated rings. The Morgan fingerprint density at radius 3 is 2.26 bits per heavy atom. The van der Waals surface area contributed by atoms with Crippen LogP contribution in [0.15, 0.2) is 47.4 Å². The summed E-state index contributed by atoms with van der Waals surface area (Å²) in [6, 6.07) is 10.6. The zero-order chi connectivity index (χ0) is 19.4. The van der Waals surface area contributed by atoms with Crippen LogP contribution in [-0.4, -0.2) is 57.0 Å². The SMILES string of the molecule is O=S(=O)(c1c(Cl)cccc1Cl)N1CCN(CCOc2cccc(F)c2)CC1. The van der Waals surface area contributed by atoms with Crippen molar-refractivity contribution in [3.05, 3.63) is 58.3 Å². The summed E-state index contributed by atoms with van der Waals surface area (Å²) in [5.74, 6) is 0.133. The minimum absolute atomic E-state index is 0.0452. The van der Waals surface area contributed by atoms with Crippen LogP contribution in [0.25, 0.3) is 0 Å². The Bertz CT molecular complexity index is 883. The molecule has 0 N–H and O–H groups in total. The van der Waals surface area contributed by atoms with Gasteiger partial charge in [0.15, 0.2) is 0 Å². The molecule has 0 radical (unpaired) electrons. The third-order valence-corrected chi connectivity index (χ3v) is 7.18. The summed E-state index contributed by atoms with van der Waals surface area (Å²) in [4.78, 5) is 2.05. The first-order chi connectivity index (χ1) is 12.9. The van der Waals surface area contributed by atoms with Gasteiger partial charge in [0.2, 0.25) is 10.0 Å². The maximum absolute atomic E-state index is 13.1. The van der Waals surface area contributed by atoms with E-state index in [9.17, 15) is 12.8 Å². The predicted molar refractivity (Wildman–Crippen MR) is 104 cm³/mol. The smallest absolute Gasteiger partial charge is 0.246 e. The number of benzene rings is 2. The van der Waals surface area contributed by atoms with Gasteiger partial charge in [0.25, 0.3) is 0 Å². The van der Waals surface area contributed by atoms with Crippen molar-refractivity contribution in [1.82, 2.24) is 9.21 Å². The summed E-state index contributed by atoms with van der Waals surface area (Å²) < 4.78 is 45.7. The van der Waals surface area contributed by atoms with Gasteiger partial charge >= 0.3 is 0 Å². The average Bonchev–Trinajstić information content (AvgIpc) is 2.62. The van der Waals surface area contributed by atoms with Gasteiger partial charge in [0.1, 0.15) is 23.1 Å². The van der Waals surface area contributed by atoms with E-state index in [1.165, 1.54) is 28.6 Å². The summed E-state index contributed by atoms with van der Waals surface area (Å²) in [5, 5.41) is 0.238. The van der Waals surface area contributed by atoms with E-state index < -0.39 is 10.0 Å². The number of nitrogens with zero attached hydrogens (tertiary/aromatic N) is 2. The Morgan fingerprint density at radius 2 is 1.63 bits per heavy atom. The van der Waals surface area contributed by atoms with E-state index in [0.29, 0.717) is 45.1 Å². The molecule has 1 aliphatic heterocycles. The van der Waals surface area contributed by atoms with E-state index >= 15 is 0 Å². The Hall–Kier alpha value is -1.38. The average molecular weight is 433 g/mol. The number of hydrogen-bond donors (Lipinski definition) is 0. The molecule has 27 heavy (non-hydrogen) atoms. The van der Waals surface area contributed by atoms with Crippen molar-refractivity contribution in [2.75, 3.05) is 39.3 Å². The number of piperazine rings is 1. The van der Waals surface area contributed by atoms with E-state index in [1.807, 2.05) is 0 Å². The van der Waals surface area contributed by atoms with E-state index in [1.54, 1.807) is 18.2 Å². The third-order valence-electron chi connectivity index (χ3n) is 4.32. The van der Waals surface area contributed by atoms with Gasteiger partial charge in [-0.25, -0.2) is 12.8 Å². The first-order valence-corrected chi connectivity index (χ1v) is 10.6. The molecule has 0 unspecified atom stereocenters. The van der Waals surface area contributed by atoms with Crippen LogP contribution in [0.3, 0.4) is 0 Å². The molecule has 146 valence electrons. The van der Waals surface area contributed by atoms with Gasteiger partial charge in [-0.2, -0.15) is 4.31 Å². The van der Waals surface area contributed by atoms with E-state index in [-0.39, 0.29) is 20.8 Å². The molecule has 0 spiro atoms. The second-order valence-corrected chi connectivity index (χ2v) is 8.79. The van der Waals surface area contributed by atoms with Crippen LogP contribution < -0.4 is 4.74 Å². The van der Waals surface area contributed by atoms with Crippen molar-refractivity contribution in [3.63, 3.8) is 0 Å². The van der Waals surface area contributed by atoms with Crippen LogP contribution in [0.2, 0.25) is 10.0 Å². The summed E-state index contributed by atoms with van der Waals surface area (Å²) in [6.45, 7) is 2.82. The van der Waals surface area contributed by atoms with Gasteiger partial charge in [-0.3, -0.25) is 4.90 Å². The lowest BCUT2D eigenvalue weighted by Crippen LogP contribution is -2.49. The van der Waals surface area contributed by atoms with E-state index in [4.69, 9.17) is 27.9 Å². The fourth-order valence-corrected chi connectivity index (χ4v) is 5.41. The second-order valence-electron chi connectivity index (χ2n) is 6.10. The molecule has 1 heterocycles. The molecule has 2 aromatic carbocycles. The molecule has 1 saturated heterocycles. The molecule has 0 atom stereocenters.